The maximum absolute atomic E-state index is 10.7. The van der Waals surface area contributed by atoms with Crippen LogP contribution in [-0.2, 0) is 4.79 Å². The summed E-state index contributed by atoms with van der Waals surface area (Å²) >= 11 is 5.31. The molecule has 0 saturated heterocycles. The summed E-state index contributed by atoms with van der Waals surface area (Å²) in [6.45, 7) is 0. The van der Waals surface area contributed by atoms with Crippen LogP contribution in [0.4, 0.5) is 5.69 Å². The predicted molar refractivity (Wildman–Crippen MR) is 54.9 cm³/mol. The number of hydrogen-bond donors (Lipinski definition) is 1. The number of ketones is 1. The molecule has 3 heteroatoms. The molecule has 0 amide bonds. The van der Waals surface area contributed by atoms with E-state index < -0.39 is 0 Å². The monoisotopic (exact) mass is 195 g/mol. The van der Waals surface area contributed by atoms with Crippen molar-refractivity contribution in [1.29, 1.82) is 0 Å². The molecule has 0 aliphatic heterocycles. The van der Waals surface area contributed by atoms with E-state index in [4.69, 9.17) is 11.6 Å². The van der Waals surface area contributed by atoms with Gasteiger partial charge in [-0.2, -0.15) is 0 Å². The maximum Gasteiger partial charge on any atom is 0.171 e. The Morgan fingerprint density at radius 3 is 2.69 bits per heavy atom. The Balaban J connectivity index is 2.44. The Morgan fingerprint density at radius 2 is 2.08 bits per heavy atom. The van der Waals surface area contributed by atoms with Crippen molar-refractivity contribution in [3.05, 3.63) is 42.6 Å². The molecule has 0 aliphatic carbocycles. The topological polar surface area (TPSA) is 29.1 Å². The number of carbonyl (C=O) groups is 1. The van der Waals surface area contributed by atoms with Crippen LogP contribution in [0.3, 0.4) is 0 Å². The van der Waals surface area contributed by atoms with Gasteiger partial charge in [-0.05, 0) is 18.2 Å². The summed E-state index contributed by atoms with van der Waals surface area (Å²) in [4.78, 5) is 10.7. The van der Waals surface area contributed by atoms with E-state index in [-0.39, 0.29) is 11.7 Å². The van der Waals surface area contributed by atoms with Crippen molar-refractivity contribution in [1.82, 2.24) is 0 Å². The molecule has 0 aliphatic rings. The molecule has 0 fully saturated rings. The highest BCUT2D eigenvalue weighted by atomic mass is 35.5. The highest BCUT2D eigenvalue weighted by molar-refractivity contribution is 6.29. The summed E-state index contributed by atoms with van der Waals surface area (Å²) in [6, 6.07) is 9.59. The average molecular weight is 196 g/mol. The zero-order chi connectivity index (χ0) is 9.52. The molecule has 0 bridgehead atoms. The lowest BCUT2D eigenvalue weighted by Gasteiger charge is -1.97. The number of nitrogens with one attached hydrogen (secondary N) is 1. The highest BCUT2D eigenvalue weighted by Gasteiger charge is 1.89. The van der Waals surface area contributed by atoms with E-state index in [0.29, 0.717) is 0 Å². The van der Waals surface area contributed by atoms with E-state index in [1.54, 1.807) is 6.20 Å². The summed E-state index contributed by atoms with van der Waals surface area (Å²) in [7, 11) is 0. The molecule has 0 heterocycles. The smallest absolute Gasteiger partial charge is 0.171 e. The fourth-order valence-corrected chi connectivity index (χ4v) is 0.899. The Morgan fingerprint density at radius 1 is 1.38 bits per heavy atom. The Kier molecular flexibility index (Phi) is 4.06. The Labute approximate surface area is 82.2 Å². The average Bonchev–Trinajstić information content (AvgIpc) is 2.19. The molecule has 1 rings (SSSR count). The van der Waals surface area contributed by atoms with Crippen molar-refractivity contribution in [3.8, 4) is 0 Å². The SMILES string of the molecule is O=C(C=CNc1ccccc1)CCl. The van der Waals surface area contributed by atoms with Gasteiger partial charge >= 0.3 is 0 Å². The lowest BCUT2D eigenvalue weighted by molar-refractivity contribution is -0.112. The van der Waals surface area contributed by atoms with E-state index in [1.807, 2.05) is 30.3 Å². The normalized spacial score (nSPS) is 10.2. The van der Waals surface area contributed by atoms with Crippen LogP contribution in [0.5, 0.6) is 0 Å². The largest absolute Gasteiger partial charge is 0.362 e. The number of rotatable bonds is 4. The van der Waals surface area contributed by atoms with Gasteiger partial charge in [-0.1, -0.05) is 18.2 Å². The number of hydrogen-bond acceptors (Lipinski definition) is 2. The molecule has 0 radical (unpaired) electrons. The van der Waals surface area contributed by atoms with Gasteiger partial charge in [-0.15, -0.1) is 11.6 Å². The fourth-order valence-electron chi connectivity index (χ4n) is 0.810. The van der Waals surface area contributed by atoms with Gasteiger partial charge in [0.05, 0.1) is 5.88 Å². The van der Waals surface area contributed by atoms with Crippen molar-refractivity contribution in [2.45, 2.75) is 0 Å². The highest BCUT2D eigenvalue weighted by Crippen LogP contribution is 2.04. The summed E-state index contributed by atoms with van der Waals surface area (Å²) in [6.07, 6.45) is 3.00. The van der Waals surface area contributed by atoms with E-state index in [9.17, 15) is 4.79 Å². The second-order valence-corrected chi connectivity index (χ2v) is 2.71. The summed E-state index contributed by atoms with van der Waals surface area (Å²) < 4.78 is 0. The van der Waals surface area contributed by atoms with E-state index in [0.717, 1.165) is 5.69 Å². The van der Waals surface area contributed by atoms with Gasteiger partial charge in [0.15, 0.2) is 5.78 Å². The predicted octanol–water partition coefficient (Wildman–Crippen LogP) is 2.42. The second kappa shape index (κ2) is 5.38. The minimum Gasteiger partial charge on any atom is -0.362 e. The minimum atomic E-state index is -0.106. The van der Waals surface area contributed by atoms with Crippen LogP contribution >= 0.6 is 11.6 Å². The van der Waals surface area contributed by atoms with Crippen LogP contribution in [0, 0.1) is 0 Å². The maximum atomic E-state index is 10.7. The van der Waals surface area contributed by atoms with Crippen molar-refractivity contribution >= 4 is 23.1 Å². The molecule has 13 heavy (non-hydrogen) atoms. The lowest BCUT2D eigenvalue weighted by Crippen LogP contribution is -1.95. The second-order valence-electron chi connectivity index (χ2n) is 2.44. The van der Waals surface area contributed by atoms with Gasteiger partial charge in [0.25, 0.3) is 0 Å². The molecule has 1 N–H and O–H groups in total. The quantitative estimate of drug-likeness (QED) is 0.591. The molecule has 0 spiro atoms. The molecule has 2 nitrogen and oxygen atoms in total. The summed E-state index contributed by atoms with van der Waals surface area (Å²) in [5, 5.41) is 2.95. The van der Waals surface area contributed by atoms with Crippen molar-refractivity contribution in [2.75, 3.05) is 11.2 Å². The molecule has 1 aromatic carbocycles. The first-order valence-electron chi connectivity index (χ1n) is 3.90. The Bertz CT molecular complexity index is 295. The van der Waals surface area contributed by atoms with E-state index >= 15 is 0 Å². The first-order chi connectivity index (χ1) is 6.33. The number of anilines is 1. The molecular formula is C10H10ClNO. The van der Waals surface area contributed by atoms with Crippen molar-refractivity contribution in [3.63, 3.8) is 0 Å². The van der Waals surface area contributed by atoms with Gasteiger partial charge in [0.1, 0.15) is 0 Å². The van der Waals surface area contributed by atoms with Crippen LogP contribution < -0.4 is 5.32 Å². The van der Waals surface area contributed by atoms with E-state index in [1.165, 1.54) is 6.08 Å². The number of halogens is 1. The number of carbonyl (C=O) groups excluding carboxylic acids is 1. The minimum absolute atomic E-state index is 0.0208. The van der Waals surface area contributed by atoms with Crippen LogP contribution in [0.15, 0.2) is 42.6 Å². The zero-order valence-corrected chi connectivity index (χ0v) is 7.79. The number of allylic oxidation sites excluding steroid dienone is 1. The first kappa shape index (κ1) is 9.81. The zero-order valence-electron chi connectivity index (χ0n) is 7.03. The van der Waals surface area contributed by atoms with Crippen LogP contribution in [-0.4, -0.2) is 11.7 Å². The van der Waals surface area contributed by atoms with Gasteiger partial charge in [-0.25, -0.2) is 0 Å². The third-order valence-electron chi connectivity index (χ3n) is 1.42. The standard InChI is InChI=1S/C10H10ClNO/c11-8-10(13)6-7-12-9-4-2-1-3-5-9/h1-7,12H,8H2. The first-order valence-corrected chi connectivity index (χ1v) is 4.43. The number of benzene rings is 1. The van der Waals surface area contributed by atoms with Gasteiger partial charge in [-0.3, -0.25) is 4.79 Å². The van der Waals surface area contributed by atoms with Crippen molar-refractivity contribution < 1.29 is 4.79 Å². The van der Waals surface area contributed by atoms with Gasteiger partial charge in [0.2, 0.25) is 0 Å². The molecule has 1 aromatic rings. The van der Waals surface area contributed by atoms with Crippen LogP contribution in [0.2, 0.25) is 0 Å². The number of alkyl halides is 1. The van der Waals surface area contributed by atoms with E-state index in [2.05, 4.69) is 5.32 Å². The summed E-state index contributed by atoms with van der Waals surface area (Å²) in [5.74, 6) is -0.0856. The molecular weight excluding hydrogens is 186 g/mol. The molecule has 0 aromatic heterocycles. The van der Waals surface area contributed by atoms with Crippen LogP contribution in [0.25, 0.3) is 0 Å². The molecule has 0 unspecified atom stereocenters. The van der Waals surface area contributed by atoms with Crippen molar-refractivity contribution in [2.24, 2.45) is 0 Å². The Hall–Kier alpha value is -1.28. The summed E-state index contributed by atoms with van der Waals surface area (Å²) in [5.41, 5.74) is 0.945. The van der Waals surface area contributed by atoms with Gasteiger partial charge in [0, 0.05) is 11.9 Å². The third-order valence-corrected chi connectivity index (χ3v) is 1.69. The van der Waals surface area contributed by atoms with Crippen LogP contribution in [0.1, 0.15) is 0 Å². The van der Waals surface area contributed by atoms with Gasteiger partial charge < -0.3 is 5.32 Å². The molecule has 68 valence electrons. The fraction of sp³-hybridized carbons (Fsp3) is 0.100. The third kappa shape index (κ3) is 3.76. The molecule has 0 atom stereocenters. The lowest BCUT2D eigenvalue weighted by atomic mass is 10.3. The number of para-hydroxylation sites is 1. The molecule has 0 saturated carbocycles.